The van der Waals surface area contributed by atoms with Crippen LogP contribution in [0.5, 0.6) is 0 Å². The van der Waals surface area contributed by atoms with Crippen molar-refractivity contribution < 1.29 is 19.8 Å². The van der Waals surface area contributed by atoms with Crippen molar-refractivity contribution in [2.24, 2.45) is 0 Å². The molecule has 0 amide bonds. The van der Waals surface area contributed by atoms with Crippen LogP contribution in [0.15, 0.2) is 23.8 Å². The van der Waals surface area contributed by atoms with E-state index in [-0.39, 0.29) is 48.9 Å². The van der Waals surface area contributed by atoms with E-state index in [4.69, 9.17) is 0 Å². The predicted octanol–water partition coefficient (Wildman–Crippen LogP) is -2.39. The zero-order valence-electron chi connectivity index (χ0n) is 6.62. The van der Waals surface area contributed by atoms with E-state index in [1.807, 2.05) is 0 Å². The van der Waals surface area contributed by atoms with E-state index in [0.717, 1.165) is 6.08 Å². The van der Waals surface area contributed by atoms with Crippen molar-refractivity contribution >= 4 is 49.7 Å². The van der Waals surface area contributed by atoms with Crippen molar-refractivity contribution in [3.8, 4) is 0 Å². The third kappa shape index (κ3) is 5.35. The second-order valence-electron chi connectivity index (χ2n) is 1.93. The Morgan fingerprint density at radius 3 is 1.92 bits per heavy atom. The van der Waals surface area contributed by atoms with Crippen LogP contribution in [-0.4, -0.2) is 49.7 Å². The molecule has 0 saturated heterocycles. The van der Waals surface area contributed by atoms with Crippen molar-refractivity contribution in [1.82, 2.24) is 0 Å². The Morgan fingerprint density at radius 1 is 1.25 bits per heavy atom. The minimum atomic E-state index is -1.49. The molecule has 0 atom stereocenters. The van der Waals surface area contributed by atoms with Gasteiger partial charge in [0.15, 0.2) is 0 Å². The third-order valence-corrected chi connectivity index (χ3v) is 0.975. The molecule has 0 rings (SSSR count). The molecule has 0 spiro atoms. The largest absolute Gasteiger partial charge is 2.00 e. The molecule has 60 valence electrons. The van der Waals surface area contributed by atoms with E-state index < -0.39 is 11.9 Å². The fourth-order valence-electron chi connectivity index (χ4n) is 0.379. The van der Waals surface area contributed by atoms with Gasteiger partial charge in [-0.25, -0.2) is 0 Å². The number of carboxylic acids is 2. The Labute approximate surface area is 99.6 Å². The van der Waals surface area contributed by atoms with Crippen LogP contribution in [0, 0.1) is 0 Å². The summed E-state index contributed by atoms with van der Waals surface area (Å²) in [6.07, 6.45) is 0.880. The fourth-order valence-corrected chi connectivity index (χ4v) is 0.379. The minimum Gasteiger partial charge on any atom is -0.545 e. The van der Waals surface area contributed by atoms with E-state index in [1.165, 1.54) is 6.92 Å². The molecule has 0 aliphatic carbocycles. The van der Waals surface area contributed by atoms with E-state index in [2.05, 4.69) is 6.58 Å². The first-order valence-corrected chi connectivity index (χ1v) is 2.75. The first kappa shape index (κ1) is 14.2. The summed E-state index contributed by atoms with van der Waals surface area (Å²) in [5.41, 5.74) is -0.578. The second-order valence-corrected chi connectivity index (χ2v) is 1.93. The third-order valence-electron chi connectivity index (χ3n) is 0.975. The Morgan fingerprint density at radius 2 is 1.67 bits per heavy atom. The maximum atomic E-state index is 10.0. The molecule has 12 heavy (non-hydrogen) atoms. The summed E-state index contributed by atoms with van der Waals surface area (Å²) in [5, 5.41) is 20.0. The second kappa shape index (κ2) is 6.22. The number of carbonyl (C=O) groups excluding carboxylic acids is 2. The fraction of sp³-hybridized carbons (Fsp3) is 0.143. The number of hydrogen-bond acceptors (Lipinski definition) is 4. The van der Waals surface area contributed by atoms with Gasteiger partial charge < -0.3 is 19.8 Å². The van der Waals surface area contributed by atoms with Crippen LogP contribution < -0.4 is 10.2 Å². The number of aliphatic carboxylic acids is 2. The van der Waals surface area contributed by atoms with Crippen LogP contribution >= 0.6 is 0 Å². The van der Waals surface area contributed by atoms with Gasteiger partial charge in [-0.15, -0.1) is 0 Å². The van der Waals surface area contributed by atoms with Gasteiger partial charge in [-0.3, -0.25) is 0 Å². The van der Waals surface area contributed by atoms with E-state index in [1.54, 1.807) is 0 Å². The molecule has 5 heteroatoms. The molecule has 4 nitrogen and oxygen atoms in total. The number of carboxylic acid groups (broad SMARTS) is 2. The number of rotatable bonds is 3. The van der Waals surface area contributed by atoms with Gasteiger partial charge in [0.05, 0.1) is 11.9 Å². The molecule has 0 aliphatic rings. The van der Waals surface area contributed by atoms with Gasteiger partial charge in [0.25, 0.3) is 0 Å². The van der Waals surface area contributed by atoms with Crippen LogP contribution in [0.4, 0.5) is 0 Å². The van der Waals surface area contributed by atoms with Crippen molar-refractivity contribution in [2.45, 2.75) is 6.92 Å². The zero-order valence-corrected chi connectivity index (χ0v) is 8.83. The SMILES string of the molecule is C=C(C=C(C)C(=O)[O-])C(=O)[O-].[Ca+2]. The standard InChI is InChI=1S/C7H8O4.Ca/c1-4(6(8)9)3-5(2)7(10)11;/h3H,1H2,2H3,(H,8,9)(H,10,11);/q;+2/p-2. The monoisotopic (exact) mass is 194 g/mol. The average Bonchev–Trinajstić information content (AvgIpc) is 1.87. The molecular formula is C7H6CaO4. The summed E-state index contributed by atoms with van der Waals surface area (Å²) in [4.78, 5) is 20.0. The van der Waals surface area contributed by atoms with Gasteiger partial charge in [-0.05, 0) is 24.1 Å². The van der Waals surface area contributed by atoms with Crippen molar-refractivity contribution in [3.05, 3.63) is 23.8 Å². The maximum absolute atomic E-state index is 10.0. The van der Waals surface area contributed by atoms with E-state index in [9.17, 15) is 19.8 Å². The van der Waals surface area contributed by atoms with Crippen molar-refractivity contribution in [1.29, 1.82) is 0 Å². The molecule has 0 saturated carbocycles. The quantitative estimate of drug-likeness (QED) is 0.285. The summed E-state index contributed by atoms with van der Waals surface area (Å²) < 4.78 is 0. The summed E-state index contributed by atoms with van der Waals surface area (Å²) in [7, 11) is 0. The Balaban J connectivity index is 0. The topological polar surface area (TPSA) is 80.3 Å². The molecule has 0 heterocycles. The Bertz CT molecular complexity index is 242. The molecule has 0 unspecified atom stereocenters. The van der Waals surface area contributed by atoms with Crippen molar-refractivity contribution in [3.63, 3.8) is 0 Å². The number of carbonyl (C=O) groups is 2. The van der Waals surface area contributed by atoms with Gasteiger partial charge in [-0.2, -0.15) is 0 Å². The molecular weight excluding hydrogens is 188 g/mol. The molecule has 0 aliphatic heterocycles. The summed E-state index contributed by atoms with van der Waals surface area (Å²) in [5.74, 6) is -2.92. The molecule has 0 N–H and O–H groups in total. The van der Waals surface area contributed by atoms with Gasteiger partial charge >= 0.3 is 37.7 Å². The summed E-state index contributed by atoms with van der Waals surface area (Å²) in [6, 6.07) is 0. The molecule has 0 aromatic carbocycles. The van der Waals surface area contributed by atoms with Gasteiger partial charge in [0, 0.05) is 0 Å². The Kier molecular flexibility index (Phi) is 7.37. The maximum Gasteiger partial charge on any atom is 2.00 e. The van der Waals surface area contributed by atoms with Crippen LogP contribution in [0.1, 0.15) is 6.92 Å². The first-order valence-electron chi connectivity index (χ1n) is 2.75. The van der Waals surface area contributed by atoms with Crippen LogP contribution in [-0.2, 0) is 9.59 Å². The predicted molar refractivity (Wildman–Crippen MR) is 38.7 cm³/mol. The zero-order chi connectivity index (χ0) is 9.02. The molecule has 0 bridgehead atoms. The smallest absolute Gasteiger partial charge is 0.545 e. The summed E-state index contributed by atoms with van der Waals surface area (Å²) >= 11 is 0. The first-order chi connectivity index (χ1) is 4.95. The van der Waals surface area contributed by atoms with Crippen LogP contribution in [0.3, 0.4) is 0 Å². The number of hydrogen-bond donors (Lipinski definition) is 0. The molecule has 0 fully saturated rings. The molecule has 0 aromatic rings. The molecule has 0 aromatic heterocycles. The average molecular weight is 194 g/mol. The van der Waals surface area contributed by atoms with E-state index >= 15 is 0 Å². The van der Waals surface area contributed by atoms with Crippen LogP contribution in [0.25, 0.3) is 0 Å². The molecule has 0 radical (unpaired) electrons. The van der Waals surface area contributed by atoms with Crippen LogP contribution in [0.2, 0.25) is 0 Å². The van der Waals surface area contributed by atoms with Crippen molar-refractivity contribution in [2.75, 3.05) is 0 Å². The van der Waals surface area contributed by atoms with Gasteiger partial charge in [0.1, 0.15) is 0 Å². The van der Waals surface area contributed by atoms with Gasteiger partial charge in [0.2, 0.25) is 0 Å². The van der Waals surface area contributed by atoms with E-state index in [0.29, 0.717) is 0 Å². The Hall–Kier alpha value is -0.320. The van der Waals surface area contributed by atoms with Gasteiger partial charge in [-0.1, -0.05) is 6.58 Å². The minimum absolute atomic E-state index is 0. The normalized spacial score (nSPS) is 9.92. The summed E-state index contributed by atoms with van der Waals surface area (Å²) in [6.45, 7) is 4.26.